The number of nitriles is 1. The van der Waals surface area contributed by atoms with Gasteiger partial charge in [-0.1, -0.05) is 30.3 Å². The fourth-order valence-corrected chi connectivity index (χ4v) is 3.35. The Hall–Kier alpha value is -2.61. The maximum Gasteiger partial charge on any atom is 0.181 e. The van der Waals surface area contributed by atoms with Gasteiger partial charge in [-0.05, 0) is 67.9 Å². The number of ether oxygens (including phenoxy) is 1. The summed E-state index contributed by atoms with van der Waals surface area (Å²) in [5.41, 5.74) is 2.00. The van der Waals surface area contributed by atoms with Crippen molar-refractivity contribution in [3.05, 3.63) is 82.7 Å². The highest BCUT2D eigenvalue weighted by atomic mass is 32.1. The molecule has 0 spiro atoms. The molecule has 3 rings (SSSR count). The molecule has 0 saturated heterocycles. The number of rotatable bonds is 8. The van der Waals surface area contributed by atoms with E-state index >= 15 is 0 Å². The van der Waals surface area contributed by atoms with Crippen molar-refractivity contribution in [3.8, 4) is 16.9 Å². The smallest absolute Gasteiger partial charge is 0.181 e. The van der Waals surface area contributed by atoms with E-state index in [9.17, 15) is 0 Å². The first-order valence-electron chi connectivity index (χ1n) is 8.35. The molecule has 4 heteroatoms. The zero-order chi connectivity index (χ0) is 17.3. The lowest BCUT2D eigenvalue weighted by Crippen LogP contribution is -2.19. The molecule has 0 bridgehead atoms. The van der Waals surface area contributed by atoms with Gasteiger partial charge in [0.15, 0.2) is 5.06 Å². The molecular formula is C21H20N2OS. The summed E-state index contributed by atoms with van der Waals surface area (Å²) in [6.07, 6.45) is 2.05. The third kappa shape index (κ3) is 5.46. The fraction of sp³-hybridized carbons (Fsp3) is 0.190. The fourth-order valence-electron chi connectivity index (χ4n) is 2.48. The Morgan fingerprint density at radius 1 is 0.880 bits per heavy atom. The van der Waals surface area contributed by atoms with Crippen molar-refractivity contribution in [1.29, 1.82) is 5.26 Å². The summed E-state index contributed by atoms with van der Waals surface area (Å²) in [5, 5.41) is 13.2. The standard InChI is InChI=1S/C21H20N2OS/c22-16-18-6-8-19(9-7-18)24-21-11-10-20(25-21)13-15-23-14-12-17-4-2-1-3-5-17/h1-11,23H,12-15H2. The van der Waals surface area contributed by atoms with Gasteiger partial charge in [-0.25, -0.2) is 0 Å². The summed E-state index contributed by atoms with van der Waals surface area (Å²) in [4.78, 5) is 1.30. The third-order valence-corrected chi connectivity index (χ3v) is 4.84. The summed E-state index contributed by atoms with van der Waals surface area (Å²) in [7, 11) is 0. The summed E-state index contributed by atoms with van der Waals surface area (Å²) >= 11 is 1.66. The minimum Gasteiger partial charge on any atom is -0.447 e. The summed E-state index contributed by atoms with van der Waals surface area (Å²) in [5.74, 6) is 0.758. The van der Waals surface area contributed by atoms with Gasteiger partial charge in [-0.3, -0.25) is 0 Å². The molecule has 3 aromatic rings. The number of benzene rings is 2. The number of nitrogens with zero attached hydrogens (tertiary/aromatic N) is 1. The van der Waals surface area contributed by atoms with Crippen molar-refractivity contribution in [2.75, 3.05) is 13.1 Å². The minimum atomic E-state index is 0.640. The van der Waals surface area contributed by atoms with Crippen molar-refractivity contribution in [3.63, 3.8) is 0 Å². The Balaban J connectivity index is 1.40. The van der Waals surface area contributed by atoms with Crippen LogP contribution >= 0.6 is 11.3 Å². The van der Waals surface area contributed by atoms with E-state index in [0.29, 0.717) is 5.56 Å². The topological polar surface area (TPSA) is 45.0 Å². The first kappa shape index (κ1) is 17.2. The maximum absolute atomic E-state index is 8.81. The Labute approximate surface area is 152 Å². The van der Waals surface area contributed by atoms with Crippen molar-refractivity contribution < 1.29 is 4.74 Å². The molecule has 0 amide bonds. The molecule has 0 atom stereocenters. The van der Waals surface area contributed by atoms with Gasteiger partial charge in [0.25, 0.3) is 0 Å². The van der Waals surface area contributed by atoms with Gasteiger partial charge in [-0.2, -0.15) is 5.26 Å². The van der Waals surface area contributed by atoms with Gasteiger partial charge in [0, 0.05) is 4.88 Å². The van der Waals surface area contributed by atoms with Gasteiger partial charge in [0.2, 0.25) is 0 Å². The average molecular weight is 348 g/mol. The number of hydrogen-bond donors (Lipinski definition) is 1. The Bertz CT molecular complexity index is 819. The van der Waals surface area contributed by atoms with E-state index < -0.39 is 0 Å². The zero-order valence-electron chi connectivity index (χ0n) is 13.9. The molecule has 3 nitrogen and oxygen atoms in total. The quantitative estimate of drug-likeness (QED) is 0.596. The van der Waals surface area contributed by atoms with Gasteiger partial charge < -0.3 is 10.1 Å². The molecule has 1 N–H and O–H groups in total. The van der Waals surface area contributed by atoms with Crippen LogP contribution in [0, 0.1) is 11.3 Å². The highest BCUT2D eigenvalue weighted by molar-refractivity contribution is 7.13. The van der Waals surface area contributed by atoms with E-state index in [1.54, 1.807) is 23.5 Å². The highest BCUT2D eigenvalue weighted by Crippen LogP contribution is 2.29. The van der Waals surface area contributed by atoms with Crippen LogP contribution in [-0.4, -0.2) is 13.1 Å². The Morgan fingerprint density at radius 2 is 1.64 bits per heavy atom. The summed E-state index contributed by atoms with van der Waals surface area (Å²) < 4.78 is 5.83. The molecule has 25 heavy (non-hydrogen) atoms. The molecule has 0 aliphatic heterocycles. The van der Waals surface area contributed by atoms with Gasteiger partial charge >= 0.3 is 0 Å². The predicted molar refractivity (Wildman–Crippen MR) is 102 cm³/mol. The maximum atomic E-state index is 8.81. The average Bonchev–Trinajstić information content (AvgIpc) is 3.10. The summed E-state index contributed by atoms with van der Waals surface area (Å²) in [6.45, 7) is 1.95. The predicted octanol–water partition coefficient (Wildman–Crippen LogP) is 4.79. The van der Waals surface area contributed by atoms with Crippen LogP contribution < -0.4 is 10.1 Å². The van der Waals surface area contributed by atoms with Crippen LogP contribution in [0.15, 0.2) is 66.7 Å². The molecule has 0 unspecified atom stereocenters. The van der Waals surface area contributed by atoms with E-state index in [-0.39, 0.29) is 0 Å². The van der Waals surface area contributed by atoms with Crippen LogP contribution in [0.4, 0.5) is 0 Å². The van der Waals surface area contributed by atoms with Crippen LogP contribution in [0.25, 0.3) is 0 Å². The minimum absolute atomic E-state index is 0.640. The van der Waals surface area contributed by atoms with Crippen molar-refractivity contribution in [2.45, 2.75) is 12.8 Å². The number of hydrogen-bond acceptors (Lipinski definition) is 4. The lowest BCUT2D eigenvalue weighted by Gasteiger charge is -2.04. The molecule has 0 saturated carbocycles. The monoisotopic (exact) mass is 348 g/mol. The summed E-state index contributed by atoms with van der Waals surface area (Å²) in [6, 6.07) is 23.9. The second kappa shape index (κ2) is 9.03. The third-order valence-electron chi connectivity index (χ3n) is 3.82. The number of thiophene rings is 1. The zero-order valence-corrected chi connectivity index (χ0v) is 14.8. The molecule has 0 radical (unpaired) electrons. The molecule has 126 valence electrons. The first-order chi connectivity index (χ1) is 12.3. The van der Waals surface area contributed by atoms with Gasteiger partial charge in [-0.15, -0.1) is 11.3 Å². The van der Waals surface area contributed by atoms with E-state index in [4.69, 9.17) is 10.00 Å². The lowest BCUT2D eigenvalue weighted by atomic mass is 10.1. The lowest BCUT2D eigenvalue weighted by molar-refractivity contribution is 0.496. The highest BCUT2D eigenvalue weighted by Gasteiger charge is 2.03. The molecule has 0 aliphatic carbocycles. The van der Waals surface area contributed by atoms with Crippen molar-refractivity contribution in [1.82, 2.24) is 5.32 Å². The molecule has 0 aliphatic rings. The van der Waals surface area contributed by atoms with Crippen molar-refractivity contribution >= 4 is 11.3 Å². The van der Waals surface area contributed by atoms with Gasteiger partial charge in [0.1, 0.15) is 5.75 Å². The molecule has 1 heterocycles. The van der Waals surface area contributed by atoms with Crippen LogP contribution in [0.2, 0.25) is 0 Å². The Morgan fingerprint density at radius 3 is 2.40 bits per heavy atom. The molecule has 0 fully saturated rings. The van der Waals surface area contributed by atoms with E-state index in [1.807, 2.05) is 24.3 Å². The second-order valence-corrected chi connectivity index (χ2v) is 6.83. The second-order valence-electron chi connectivity index (χ2n) is 5.69. The molecule has 1 aromatic heterocycles. The SMILES string of the molecule is N#Cc1ccc(Oc2ccc(CCNCCc3ccccc3)s2)cc1. The molecule has 2 aromatic carbocycles. The number of nitrogens with one attached hydrogen (secondary N) is 1. The van der Waals surface area contributed by atoms with Crippen LogP contribution in [0.3, 0.4) is 0 Å². The van der Waals surface area contributed by atoms with E-state index in [2.05, 4.69) is 41.7 Å². The van der Waals surface area contributed by atoms with E-state index in [1.165, 1.54) is 10.4 Å². The van der Waals surface area contributed by atoms with Crippen LogP contribution in [0.5, 0.6) is 10.8 Å². The largest absolute Gasteiger partial charge is 0.447 e. The molecular weight excluding hydrogens is 328 g/mol. The van der Waals surface area contributed by atoms with Crippen LogP contribution in [0.1, 0.15) is 16.0 Å². The first-order valence-corrected chi connectivity index (χ1v) is 9.16. The Kier molecular flexibility index (Phi) is 6.22. The van der Waals surface area contributed by atoms with Crippen LogP contribution in [-0.2, 0) is 12.8 Å². The van der Waals surface area contributed by atoms with Gasteiger partial charge in [0.05, 0.1) is 11.6 Å². The van der Waals surface area contributed by atoms with E-state index in [0.717, 1.165) is 36.7 Å². The van der Waals surface area contributed by atoms with Crippen molar-refractivity contribution in [2.24, 2.45) is 0 Å². The normalized spacial score (nSPS) is 10.4.